The van der Waals surface area contributed by atoms with Crippen molar-refractivity contribution in [1.82, 2.24) is 0 Å². The van der Waals surface area contributed by atoms with Crippen LogP contribution in [0.3, 0.4) is 0 Å². The van der Waals surface area contributed by atoms with E-state index < -0.39 is 14.3 Å². The third kappa shape index (κ3) is 6.91. The van der Waals surface area contributed by atoms with Crippen molar-refractivity contribution < 1.29 is 14.2 Å². The molecular formula is C22H36B2O3P2. The Kier molecular flexibility index (Phi) is 9.22. The first-order valence-corrected chi connectivity index (χ1v) is 13.2. The number of hydrogen-bond donors (Lipinski definition) is 0. The van der Waals surface area contributed by atoms with E-state index in [0.717, 1.165) is 13.2 Å². The van der Waals surface area contributed by atoms with Crippen LogP contribution in [-0.4, -0.2) is 79.4 Å². The van der Waals surface area contributed by atoms with Gasteiger partial charge in [-0.3, -0.25) is 0 Å². The van der Waals surface area contributed by atoms with Gasteiger partial charge in [-0.15, -0.1) is 14.3 Å². The molecule has 0 aliphatic carbocycles. The van der Waals surface area contributed by atoms with E-state index in [-0.39, 0.29) is 15.1 Å². The largest absolute Gasteiger partial charge is 0.377 e. The lowest BCUT2D eigenvalue weighted by atomic mass is 10.4. The standard InChI is InChI=1S/C22H36B2O3P2/c23-28(21-7-3-1-4-8-21)17-15-26-13-11-25-12-14-27-16-18-29(24,20-19-28)22-9-5-2-6-10-22/h1-10H,11-20H2,23-24H3. The van der Waals surface area contributed by atoms with Crippen LogP contribution in [0.2, 0.25) is 0 Å². The van der Waals surface area contributed by atoms with E-state index in [1.165, 1.54) is 24.6 Å². The van der Waals surface area contributed by atoms with Crippen molar-refractivity contribution in [2.24, 2.45) is 0 Å². The molecule has 1 saturated heterocycles. The Morgan fingerprint density at radius 2 is 0.828 bits per heavy atom. The average molecular weight is 432 g/mol. The van der Waals surface area contributed by atoms with Gasteiger partial charge in [-0.2, -0.15) is 0 Å². The molecule has 2 unspecified atom stereocenters. The second kappa shape index (κ2) is 11.6. The van der Waals surface area contributed by atoms with Crippen molar-refractivity contribution in [3.63, 3.8) is 0 Å². The van der Waals surface area contributed by atoms with Gasteiger partial charge in [0.15, 0.2) is 0 Å². The smallest absolute Gasteiger partial charge is 0.132 e. The van der Waals surface area contributed by atoms with Gasteiger partial charge in [0.25, 0.3) is 0 Å². The molecule has 1 aliphatic rings. The summed E-state index contributed by atoms with van der Waals surface area (Å²) in [6.07, 6.45) is 5.46. The van der Waals surface area contributed by atoms with Crippen LogP contribution in [0.5, 0.6) is 0 Å². The second-order valence-electron chi connectivity index (χ2n) is 6.48. The molecule has 2 aromatic carbocycles. The van der Waals surface area contributed by atoms with Crippen LogP contribution in [0.4, 0.5) is 0 Å². The minimum absolute atomic E-state index is 0.234. The molecule has 3 nitrogen and oxygen atoms in total. The first kappa shape index (κ1) is 23.0. The van der Waals surface area contributed by atoms with Gasteiger partial charge in [0.05, 0.1) is 52.0 Å². The zero-order valence-corrected chi connectivity index (χ0v) is 17.8. The molecule has 3 rings (SSSR count). The SMILES string of the molecule is [BH3-][P+]1(c2ccccc2)CCOCCOCCOCC[P+]([BH3-])(c2ccccc2)CC1. The number of rotatable bonds is 2. The highest BCUT2D eigenvalue weighted by Crippen LogP contribution is 2.59. The van der Waals surface area contributed by atoms with Gasteiger partial charge >= 0.3 is 0 Å². The molecule has 0 saturated carbocycles. The van der Waals surface area contributed by atoms with Crippen molar-refractivity contribution in [2.75, 3.05) is 64.3 Å². The first-order valence-electron chi connectivity index (χ1n) is 9.77. The molecule has 0 aromatic heterocycles. The summed E-state index contributed by atoms with van der Waals surface area (Å²) in [6.45, 7) is 4.59. The van der Waals surface area contributed by atoms with E-state index in [4.69, 9.17) is 14.2 Å². The van der Waals surface area contributed by atoms with Crippen LogP contribution < -0.4 is 10.6 Å². The molecule has 1 fully saturated rings. The monoisotopic (exact) mass is 432 g/mol. The van der Waals surface area contributed by atoms with Crippen molar-refractivity contribution in [3.8, 4) is 0 Å². The fraction of sp³-hybridized carbons (Fsp3) is 0.455. The van der Waals surface area contributed by atoms with Crippen molar-refractivity contribution >= 4 is 40.0 Å². The Hall–Kier alpha value is -0.690. The lowest BCUT2D eigenvalue weighted by Crippen LogP contribution is -2.27. The zero-order valence-electron chi connectivity index (χ0n) is 16.0. The predicted molar refractivity (Wildman–Crippen MR) is 138 cm³/mol. The maximum Gasteiger partial charge on any atom is 0.132 e. The normalized spacial score (nSPS) is 28.2. The van der Waals surface area contributed by atoms with Gasteiger partial charge in [-0.1, -0.05) is 36.4 Å². The molecule has 1 aliphatic heterocycles. The van der Waals surface area contributed by atoms with E-state index in [1.807, 2.05) is 0 Å². The van der Waals surface area contributed by atoms with E-state index >= 15 is 0 Å². The third-order valence-corrected chi connectivity index (χ3v) is 10.0. The summed E-state index contributed by atoms with van der Waals surface area (Å²) in [4.78, 5) is 0. The van der Waals surface area contributed by atoms with Crippen LogP contribution in [0.25, 0.3) is 0 Å². The molecule has 0 spiro atoms. The van der Waals surface area contributed by atoms with E-state index in [1.54, 1.807) is 10.6 Å². The summed E-state index contributed by atoms with van der Waals surface area (Å²) in [5, 5.41) is 3.33. The van der Waals surface area contributed by atoms with E-state index in [2.05, 4.69) is 60.7 Å². The third-order valence-electron chi connectivity index (χ3n) is 4.64. The summed E-state index contributed by atoms with van der Waals surface area (Å²) in [7, 11) is -1.52. The number of ether oxygens (including phenoxy) is 3. The van der Waals surface area contributed by atoms with Gasteiger partial charge in [-0.25, -0.2) is 0 Å². The summed E-state index contributed by atoms with van der Waals surface area (Å²) >= 11 is 0. The predicted octanol–water partition coefficient (Wildman–Crippen LogP) is 1.30. The minimum atomic E-state index is -0.993. The quantitative estimate of drug-likeness (QED) is 0.529. The van der Waals surface area contributed by atoms with Crippen molar-refractivity contribution in [1.29, 1.82) is 0 Å². The molecular weight excluding hydrogens is 396 g/mol. The maximum atomic E-state index is 5.99. The first-order chi connectivity index (χ1) is 14.1. The van der Waals surface area contributed by atoms with Gasteiger partial charge in [-0.05, 0) is 24.3 Å². The Morgan fingerprint density at radius 1 is 0.483 bits per heavy atom. The van der Waals surface area contributed by atoms with Gasteiger partial charge < -0.3 is 14.2 Å². The maximum absolute atomic E-state index is 5.99. The zero-order chi connectivity index (χ0) is 20.4. The molecule has 0 radical (unpaired) electrons. The van der Waals surface area contributed by atoms with Crippen LogP contribution >= 0.6 is 14.3 Å². The number of benzene rings is 2. The summed E-state index contributed by atoms with van der Waals surface area (Å²) in [6, 6.07) is 22.9. The highest BCUT2D eigenvalue weighted by molar-refractivity contribution is 8.06. The fourth-order valence-electron chi connectivity index (χ4n) is 3.15. The topological polar surface area (TPSA) is 27.7 Å². The van der Waals surface area contributed by atoms with Gasteiger partial charge in [0.1, 0.15) is 15.1 Å². The second-order valence-corrected chi connectivity index (χ2v) is 11.5. The molecule has 29 heavy (non-hydrogen) atoms. The Balaban J connectivity index is 1.83. The Bertz CT molecular complexity index is 661. The Labute approximate surface area is 179 Å². The van der Waals surface area contributed by atoms with Gasteiger partial charge in [0, 0.05) is 22.9 Å². The van der Waals surface area contributed by atoms with Crippen molar-refractivity contribution in [3.05, 3.63) is 60.7 Å². The summed E-state index contributed by atoms with van der Waals surface area (Å²) < 4.78 is 17.7. The average Bonchev–Trinajstić information content (AvgIpc) is 2.77. The summed E-state index contributed by atoms with van der Waals surface area (Å²) in [5.74, 6) is 0. The van der Waals surface area contributed by atoms with Crippen LogP contribution in [0.15, 0.2) is 60.7 Å². The van der Waals surface area contributed by atoms with Crippen LogP contribution in [-0.2, 0) is 14.2 Å². The highest BCUT2D eigenvalue weighted by atomic mass is 31.2. The van der Waals surface area contributed by atoms with Crippen LogP contribution in [0.1, 0.15) is 0 Å². The Morgan fingerprint density at radius 3 is 1.21 bits per heavy atom. The molecule has 0 amide bonds. The highest BCUT2D eigenvalue weighted by Gasteiger charge is 2.34. The van der Waals surface area contributed by atoms with Crippen molar-refractivity contribution in [2.45, 2.75) is 0 Å². The fourth-order valence-corrected chi connectivity index (χ4v) is 8.45. The number of hydrogen-bond acceptors (Lipinski definition) is 3. The van der Waals surface area contributed by atoms with Gasteiger partial charge in [0.2, 0.25) is 0 Å². The molecule has 2 aromatic rings. The lowest BCUT2D eigenvalue weighted by Gasteiger charge is -2.36. The summed E-state index contributed by atoms with van der Waals surface area (Å²) in [5.41, 5.74) is 0. The van der Waals surface area contributed by atoms with E-state index in [0.29, 0.717) is 26.4 Å². The molecule has 7 heteroatoms. The van der Waals surface area contributed by atoms with Crippen LogP contribution in [0, 0.1) is 0 Å². The molecule has 2 atom stereocenters. The molecule has 0 bridgehead atoms. The molecule has 1 heterocycles. The molecule has 158 valence electrons. The van der Waals surface area contributed by atoms with E-state index in [9.17, 15) is 0 Å². The molecule has 0 N–H and O–H groups in total. The lowest BCUT2D eigenvalue weighted by molar-refractivity contribution is 0.0203. The minimum Gasteiger partial charge on any atom is -0.377 e.